The molecule has 2 unspecified atom stereocenters. The first kappa shape index (κ1) is 13.1. The van der Waals surface area contributed by atoms with Crippen LogP contribution in [0.4, 0.5) is 0 Å². The molecule has 0 bridgehead atoms. The average molecular weight is 293 g/mol. The van der Waals surface area contributed by atoms with Crippen LogP contribution in [0.2, 0.25) is 5.02 Å². The number of hydrogen-bond donors (Lipinski definition) is 1. The van der Waals surface area contributed by atoms with Gasteiger partial charge in [-0.1, -0.05) is 23.7 Å². The number of nitrogens with zero attached hydrogens (tertiary/aromatic N) is 1. The summed E-state index contributed by atoms with van der Waals surface area (Å²) in [5.41, 5.74) is 2.61. The smallest absolute Gasteiger partial charge is 0.0897 e. The highest BCUT2D eigenvalue weighted by Gasteiger charge is 2.29. The molecule has 19 heavy (non-hydrogen) atoms. The monoisotopic (exact) mass is 292 g/mol. The van der Waals surface area contributed by atoms with Crippen molar-refractivity contribution in [2.45, 2.75) is 25.2 Å². The molecule has 1 fully saturated rings. The van der Waals surface area contributed by atoms with Crippen molar-refractivity contribution in [1.29, 1.82) is 0 Å². The lowest BCUT2D eigenvalue weighted by Crippen LogP contribution is -2.34. The van der Waals surface area contributed by atoms with E-state index in [9.17, 15) is 0 Å². The quantitative estimate of drug-likeness (QED) is 0.906. The molecule has 0 radical (unpaired) electrons. The lowest BCUT2D eigenvalue weighted by molar-refractivity contribution is 0.399. The SMILES string of the molecule is Cc1nc(C2CCNCC2c2ccc(Cl)cc2)cs1. The third-order valence-corrected chi connectivity index (χ3v) is 4.84. The molecule has 1 saturated heterocycles. The molecule has 2 aromatic rings. The van der Waals surface area contributed by atoms with E-state index in [1.165, 1.54) is 11.3 Å². The first-order chi connectivity index (χ1) is 9.24. The van der Waals surface area contributed by atoms with E-state index in [1.807, 2.05) is 12.1 Å². The van der Waals surface area contributed by atoms with Gasteiger partial charge in [-0.3, -0.25) is 0 Å². The number of benzene rings is 1. The van der Waals surface area contributed by atoms with Crippen molar-refractivity contribution in [3.05, 3.63) is 50.9 Å². The molecule has 2 heterocycles. The summed E-state index contributed by atoms with van der Waals surface area (Å²) in [5, 5.41) is 7.67. The Labute approximate surface area is 122 Å². The minimum absolute atomic E-state index is 0.493. The molecule has 0 aliphatic carbocycles. The molecule has 1 aromatic heterocycles. The first-order valence-electron chi connectivity index (χ1n) is 6.62. The van der Waals surface area contributed by atoms with Crippen LogP contribution in [0, 0.1) is 6.92 Å². The highest BCUT2D eigenvalue weighted by molar-refractivity contribution is 7.09. The van der Waals surface area contributed by atoms with Crippen LogP contribution in [0.15, 0.2) is 29.6 Å². The summed E-state index contributed by atoms with van der Waals surface area (Å²) in [4.78, 5) is 4.69. The zero-order valence-electron chi connectivity index (χ0n) is 10.9. The van der Waals surface area contributed by atoms with Crippen LogP contribution >= 0.6 is 22.9 Å². The maximum absolute atomic E-state index is 5.98. The van der Waals surface area contributed by atoms with Crippen molar-refractivity contribution >= 4 is 22.9 Å². The van der Waals surface area contributed by atoms with Gasteiger partial charge in [-0.15, -0.1) is 11.3 Å². The predicted molar refractivity (Wildman–Crippen MR) is 81.3 cm³/mol. The Morgan fingerprint density at radius 1 is 1.26 bits per heavy atom. The summed E-state index contributed by atoms with van der Waals surface area (Å²) in [6.07, 6.45) is 1.15. The van der Waals surface area contributed by atoms with E-state index in [1.54, 1.807) is 11.3 Å². The van der Waals surface area contributed by atoms with Gasteiger partial charge in [0.2, 0.25) is 0 Å². The first-order valence-corrected chi connectivity index (χ1v) is 7.88. The van der Waals surface area contributed by atoms with Crippen molar-refractivity contribution in [1.82, 2.24) is 10.3 Å². The summed E-state index contributed by atoms with van der Waals surface area (Å²) < 4.78 is 0. The Hall–Kier alpha value is -0.900. The summed E-state index contributed by atoms with van der Waals surface area (Å²) >= 11 is 7.73. The second kappa shape index (κ2) is 5.61. The van der Waals surface area contributed by atoms with Gasteiger partial charge < -0.3 is 5.32 Å². The Balaban J connectivity index is 1.90. The number of piperidine rings is 1. The van der Waals surface area contributed by atoms with Crippen LogP contribution < -0.4 is 5.32 Å². The fourth-order valence-electron chi connectivity index (χ4n) is 2.82. The maximum atomic E-state index is 5.98. The zero-order valence-corrected chi connectivity index (χ0v) is 12.5. The number of halogens is 1. The van der Waals surface area contributed by atoms with Gasteiger partial charge in [-0.25, -0.2) is 4.98 Å². The largest absolute Gasteiger partial charge is 0.316 e. The number of rotatable bonds is 2. The summed E-state index contributed by atoms with van der Waals surface area (Å²) in [6.45, 7) is 4.17. The molecular formula is C15H17ClN2S. The second-order valence-corrected chi connectivity index (χ2v) is 6.55. The van der Waals surface area contributed by atoms with Gasteiger partial charge in [0.25, 0.3) is 0 Å². The molecule has 0 spiro atoms. The molecule has 0 saturated carbocycles. The third kappa shape index (κ3) is 2.83. The molecule has 1 aliphatic heterocycles. The van der Waals surface area contributed by atoms with Crippen LogP contribution in [0.3, 0.4) is 0 Å². The number of aryl methyl sites for hydroxylation is 1. The maximum Gasteiger partial charge on any atom is 0.0897 e. The van der Waals surface area contributed by atoms with E-state index in [4.69, 9.17) is 16.6 Å². The molecule has 0 amide bonds. The van der Waals surface area contributed by atoms with Crippen molar-refractivity contribution in [2.24, 2.45) is 0 Å². The van der Waals surface area contributed by atoms with Crippen LogP contribution in [0.25, 0.3) is 0 Å². The molecule has 100 valence electrons. The van der Waals surface area contributed by atoms with Crippen molar-refractivity contribution < 1.29 is 0 Å². The zero-order chi connectivity index (χ0) is 13.2. The van der Waals surface area contributed by atoms with Gasteiger partial charge in [-0.2, -0.15) is 0 Å². The van der Waals surface area contributed by atoms with Crippen LogP contribution in [0.5, 0.6) is 0 Å². The highest BCUT2D eigenvalue weighted by Crippen LogP contribution is 2.37. The lowest BCUT2D eigenvalue weighted by Gasteiger charge is -2.31. The summed E-state index contributed by atoms with van der Waals surface area (Å²) in [6, 6.07) is 8.25. The summed E-state index contributed by atoms with van der Waals surface area (Å²) in [7, 11) is 0. The second-order valence-electron chi connectivity index (χ2n) is 5.05. The van der Waals surface area contributed by atoms with Crippen molar-refractivity contribution in [2.75, 3.05) is 13.1 Å². The minimum atomic E-state index is 0.493. The van der Waals surface area contributed by atoms with E-state index >= 15 is 0 Å². The van der Waals surface area contributed by atoms with Gasteiger partial charge in [0.15, 0.2) is 0 Å². The number of aromatic nitrogens is 1. The Morgan fingerprint density at radius 2 is 2.05 bits per heavy atom. The van der Waals surface area contributed by atoms with Crippen LogP contribution in [0.1, 0.15) is 34.5 Å². The van der Waals surface area contributed by atoms with Crippen LogP contribution in [-0.4, -0.2) is 18.1 Å². The van der Waals surface area contributed by atoms with E-state index < -0.39 is 0 Å². The van der Waals surface area contributed by atoms with Gasteiger partial charge in [0.05, 0.1) is 10.7 Å². The normalized spacial score (nSPS) is 23.5. The van der Waals surface area contributed by atoms with E-state index in [-0.39, 0.29) is 0 Å². The highest BCUT2D eigenvalue weighted by atomic mass is 35.5. The molecule has 1 aromatic carbocycles. The predicted octanol–water partition coefficient (Wildman–Crippen LogP) is 3.97. The molecule has 2 nitrogen and oxygen atoms in total. The number of nitrogens with one attached hydrogen (secondary N) is 1. The molecular weight excluding hydrogens is 276 g/mol. The Bertz CT molecular complexity index is 550. The fourth-order valence-corrected chi connectivity index (χ4v) is 3.63. The van der Waals surface area contributed by atoms with E-state index in [0.29, 0.717) is 11.8 Å². The third-order valence-electron chi connectivity index (χ3n) is 3.80. The van der Waals surface area contributed by atoms with E-state index in [2.05, 4.69) is 29.8 Å². The number of thiazole rings is 1. The lowest BCUT2D eigenvalue weighted by atomic mass is 9.80. The van der Waals surface area contributed by atoms with Crippen molar-refractivity contribution in [3.63, 3.8) is 0 Å². The molecule has 3 rings (SSSR count). The number of hydrogen-bond acceptors (Lipinski definition) is 3. The van der Waals surface area contributed by atoms with Gasteiger partial charge in [0.1, 0.15) is 0 Å². The molecule has 4 heteroatoms. The van der Waals surface area contributed by atoms with Crippen LogP contribution in [-0.2, 0) is 0 Å². The Morgan fingerprint density at radius 3 is 2.74 bits per heavy atom. The van der Waals surface area contributed by atoms with Crippen molar-refractivity contribution in [3.8, 4) is 0 Å². The topological polar surface area (TPSA) is 24.9 Å². The van der Waals surface area contributed by atoms with Gasteiger partial charge >= 0.3 is 0 Å². The standard InChI is InChI=1S/C15H17ClN2S/c1-10-18-15(9-19-10)13-6-7-17-8-14(13)11-2-4-12(16)5-3-11/h2-5,9,13-14,17H,6-8H2,1H3. The summed E-state index contributed by atoms with van der Waals surface area (Å²) in [5.74, 6) is 1.01. The van der Waals surface area contributed by atoms with Gasteiger partial charge in [-0.05, 0) is 37.6 Å². The molecule has 1 N–H and O–H groups in total. The average Bonchev–Trinajstić information content (AvgIpc) is 2.86. The van der Waals surface area contributed by atoms with E-state index in [0.717, 1.165) is 29.5 Å². The molecule has 1 aliphatic rings. The fraction of sp³-hybridized carbons (Fsp3) is 0.400. The Kier molecular flexibility index (Phi) is 3.87. The minimum Gasteiger partial charge on any atom is -0.316 e. The van der Waals surface area contributed by atoms with Gasteiger partial charge in [0, 0.05) is 28.8 Å². The molecule has 2 atom stereocenters.